The van der Waals surface area contributed by atoms with Crippen molar-refractivity contribution in [2.45, 2.75) is 26.3 Å². The summed E-state index contributed by atoms with van der Waals surface area (Å²) in [5.41, 5.74) is 0.560. The van der Waals surface area contributed by atoms with Gasteiger partial charge in [-0.25, -0.2) is 4.79 Å². The lowest BCUT2D eigenvalue weighted by molar-refractivity contribution is 0.0592. The van der Waals surface area contributed by atoms with Crippen LogP contribution in [0.3, 0.4) is 0 Å². The van der Waals surface area contributed by atoms with Gasteiger partial charge in [0.25, 0.3) is 0 Å². The highest BCUT2D eigenvalue weighted by Gasteiger charge is 2.16. The van der Waals surface area contributed by atoms with E-state index in [-0.39, 0.29) is 11.7 Å². The van der Waals surface area contributed by atoms with Gasteiger partial charge in [-0.3, -0.25) is 9.48 Å². The molecule has 15 heavy (non-hydrogen) atoms. The van der Waals surface area contributed by atoms with Gasteiger partial charge >= 0.3 is 5.97 Å². The Morgan fingerprint density at radius 2 is 2.40 bits per heavy atom. The predicted octanol–water partition coefficient (Wildman–Crippen LogP) is 1.45. The lowest BCUT2D eigenvalue weighted by atomic mass is 10.2. The average Bonchev–Trinajstić information content (AvgIpc) is 2.70. The van der Waals surface area contributed by atoms with Crippen molar-refractivity contribution in [3.8, 4) is 0 Å². The van der Waals surface area contributed by atoms with E-state index in [0.717, 1.165) is 6.42 Å². The summed E-state index contributed by atoms with van der Waals surface area (Å²) >= 11 is 0. The Morgan fingerprint density at radius 3 is 2.87 bits per heavy atom. The Kier molecular flexibility index (Phi) is 3.60. The van der Waals surface area contributed by atoms with E-state index >= 15 is 0 Å². The van der Waals surface area contributed by atoms with Crippen molar-refractivity contribution >= 4 is 12.3 Å². The van der Waals surface area contributed by atoms with Crippen LogP contribution in [0.5, 0.6) is 0 Å². The highest BCUT2D eigenvalue weighted by molar-refractivity contribution is 5.89. The summed E-state index contributed by atoms with van der Waals surface area (Å²) in [4.78, 5) is 22.0. The molecule has 1 aromatic heterocycles. The normalized spacial score (nSPS) is 12.2. The molecule has 0 spiro atoms. The highest BCUT2D eigenvalue weighted by Crippen LogP contribution is 2.13. The maximum absolute atomic E-state index is 11.2. The van der Waals surface area contributed by atoms with Crippen molar-refractivity contribution in [2.24, 2.45) is 0 Å². The Labute approximate surface area is 88.0 Å². The number of methoxy groups -OCH3 is 1. The molecule has 0 aromatic carbocycles. The van der Waals surface area contributed by atoms with Crippen molar-refractivity contribution < 1.29 is 14.3 Å². The third kappa shape index (κ3) is 2.23. The van der Waals surface area contributed by atoms with E-state index in [9.17, 15) is 9.59 Å². The molecule has 0 amide bonds. The number of aldehydes is 1. The van der Waals surface area contributed by atoms with Gasteiger partial charge in [-0.1, -0.05) is 6.92 Å². The Morgan fingerprint density at radius 1 is 1.73 bits per heavy atom. The SMILES string of the molecule is CC[C@H](C)n1nc(C(=O)OC)cc1C=O. The van der Waals surface area contributed by atoms with Gasteiger partial charge in [0.2, 0.25) is 0 Å². The molecular weight excluding hydrogens is 196 g/mol. The van der Waals surface area contributed by atoms with E-state index in [1.54, 1.807) is 4.68 Å². The van der Waals surface area contributed by atoms with E-state index in [1.807, 2.05) is 13.8 Å². The molecule has 1 aromatic rings. The van der Waals surface area contributed by atoms with E-state index in [1.165, 1.54) is 13.2 Å². The van der Waals surface area contributed by atoms with Crippen LogP contribution in [-0.4, -0.2) is 29.1 Å². The van der Waals surface area contributed by atoms with E-state index in [4.69, 9.17) is 0 Å². The van der Waals surface area contributed by atoms with Crippen LogP contribution in [0.25, 0.3) is 0 Å². The highest BCUT2D eigenvalue weighted by atomic mass is 16.5. The third-order valence-corrected chi connectivity index (χ3v) is 2.29. The molecular formula is C10H14N2O3. The summed E-state index contributed by atoms with van der Waals surface area (Å²) in [5.74, 6) is -0.528. The van der Waals surface area contributed by atoms with Gasteiger partial charge in [0.15, 0.2) is 12.0 Å². The predicted molar refractivity (Wildman–Crippen MR) is 54.0 cm³/mol. The second-order valence-electron chi connectivity index (χ2n) is 3.27. The second-order valence-corrected chi connectivity index (χ2v) is 3.27. The number of hydrogen-bond acceptors (Lipinski definition) is 4. The zero-order chi connectivity index (χ0) is 11.4. The van der Waals surface area contributed by atoms with Gasteiger partial charge < -0.3 is 4.74 Å². The number of rotatable bonds is 4. The van der Waals surface area contributed by atoms with Gasteiger partial charge in [0.05, 0.1) is 7.11 Å². The molecule has 1 rings (SSSR count). The van der Waals surface area contributed by atoms with E-state index in [0.29, 0.717) is 12.0 Å². The van der Waals surface area contributed by atoms with Crippen molar-refractivity contribution in [1.29, 1.82) is 0 Å². The minimum atomic E-state index is -0.528. The van der Waals surface area contributed by atoms with Crippen LogP contribution < -0.4 is 0 Å². The molecule has 0 fully saturated rings. The topological polar surface area (TPSA) is 61.2 Å². The summed E-state index contributed by atoms with van der Waals surface area (Å²) in [5, 5.41) is 4.03. The fourth-order valence-corrected chi connectivity index (χ4v) is 1.23. The molecule has 0 aliphatic heterocycles. The maximum Gasteiger partial charge on any atom is 0.358 e. The fourth-order valence-electron chi connectivity index (χ4n) is 1.23. The standard InChI is InChI=1S/C10H14N2O3/c1-4-7(2)12-8(6-13)5-9(11-12)10(14)15-3/h5-7H,4H2,1-3H3/t7-/m0/s1. The van der Waals surface area contributed by atoms with Crippen LogP contribution >= 0.6 is 0 Å². The molecule has 0 unspecified atom stereocenters. The van der Waals surface area contributed by atoms with Crippen LogP contribution in [0.4, 0.5) is 0 Å². The van der Waals surface area contributed by atoms with Crippen LogP contribution in [-0.2, 0) is 4.74 Å². The van der Waals surface area contributed by atoms with Crippen LogP contribution in [0.15, 0.2) is 6.07 Å². The second kappa shape index (κ2) is 4.72. The van der Waals surface area contributed by atoms with Crippen molar-refractivity contribution in [1.82, 2.24) is 9.78 Å². The van der Waals surface area contributed by atoms with Crippen molar-refractivity contribution in [3.05, 3.63) is 17.5 Å². The molecule has 1 heterocycles. The monoisotopic (exact) mass is 210 g/mol. The summed E-state index contributed by atoms with van der Waals surface area (Å²) in [7, 11) is 1.28. The smallest absolute Gasteiger partial charge is 0.358 e. The number of carbonyl (C=O) groups is 2. The first kappa shape index (κ1) is 11.4. The number of ether oxygens (including phenoxy) is 1. The van der Waals surface area contributed by atoms with Gasteiger partial charge in [-0.15, -0.1) is 0 Å². The fraction of sp³-hybridized carbons (Fsp3) is 0.500. The molecule has 82 valence electrons. The zero-order valence-corrected chi connectivity index (χ0v) is 9.06. The van der Waals surface area contributed by atoms with Gasteiger partial charge in [0.1, 0.15) is 5.69 Å². The number of carbonyl (C=O) groups excluding carboxylic acids is 2. The van der Waals surface area contributed by atoms with E-state index < -0.39 is 5.97 Å². The first-order chi connectivity index (χ1) is 7.13. The van der Waals surface area contributed by atoms with Gasteiger partial charge in [-0.05, 0) is 13.3 Å². The Bertz CT molecular complexity index is 371. The molecule has 0 aliphatic rings. The van der Waals surface area contributed by atoms with Gasteiger partial charge in [0, 0.05) is 12.1 Å². The van der Waals surface area contributed by atoms with Crippen LogP contribution in [0.1, 0.15) is 47.3 Å². The number of nitrogens with zero attached hydrogens (tertiary/aromatic N) is 2. The molecule has 0 radical (unpaired) electrons. The summed E-state index contributed by atoms with van der Waals surface area (Å²) in [6, 6.07) is 1.52. The largest absolute Gasteiger partial charge is 0.464 e. The first-order valence-electron chi connectivity index (χ1n) is 4.77. The molecule has 5 nitrogen and oxygen atoms in total. The first-order valence-corrected chi connectivity index (χ1v) is 4.77. The number of aromatic nitrogens is 2. The molecule has 1 atom stereocenters. The minimum Gasteiger partial charge on any atom is -0.464 e. The maximum atomic E-state index is 11.2. The van der Waals surface area contributed by atoms with Gasteiger partial charge in [-0.2, -0.15) is 5.10 Å². The molecule has 0 saturated heterocycles. The summed E-state index contributed by atoms with van der Waals surface area (Å²) in [6.07, 6.45) is 1.52. The van der Waals surface area contributed by atoms with Crippen molar-refractivity contribution in [2.75, 3.05) is 7.11 Å². The number of esters is 1. The van der Waals surface area contributed by atoms with Crippen LogP contribution in [0, 0.1) is 0 Å². The van der Waals surface area contributed by atoms with Crippen molar-refractivity contribution in [3.63, 3.8) is 0 Å². The lowest BCUT2D eigenvalue weighted by Gasteiger charge is -2.10. The summed E-state index contributed by atoms with van der Waals surface area (Å²) < 4.78 is 6.07. The van der Waals surface area contributed by atoms with E-state index in [2.05, 4.69) is 9.84 Å². The quantitative estimate of drug-likeness (QED) is 0.557. The zero-order valence-electron chi connectivity index (χ0n) is 9.06. The Hall–Kier alpha value is -1.65. The average molecular weight is 210 g/mol. The third-order valence-electron chi connectivity index (χ3n) is 2.29. The lowest BCUT2D eigenvalue weighted by Crippen LogP contribution is -2.10. The molecule has 0 N–H and O–H groups in total. The molecule has 5 heteroatoms. The summed E-state index contributed by atoms with van der Waals surface area (Å²) in [6.45, 7) is 3.92. The number of hydrogen-bond donors (Lipinski definition) is 0. The van der Waals surface area contributed by atoms with Crippen LogP contribution in [0.2, 0.25) is 0 Å². The Balaban J connectivity index is 3.10. The molecule has 0 aliphatic carbocycles. The minimum absolute atomic E-state index is 0.0867. The molecule has 0 saturated carbocycles. The molecule has 0 bridgehead atoms.